The van der Waals surface area contributed by atoms with E-state index in [4.69, 9.17) is 4.74 Å². The summed E-state index contributed by atoms with van der Waals surface area (Å²) in [5, 5.41) is 3.59. The fraction of sp³-hybridized carbons (Fsp3) is 0.400. The third kappa shape index (κ3) is 2.97. The van der Waals surface area contributed by atoms with E-state index in [0.717, 1.165) is 37.2 Å². The highest BCUT2D eigenvalue weighted by atomic mass is 32.2. The minimum Gasteiger partial charge on any atom is -0.497 e. The molecule has 0 saturated carbocycles. The van der Waals surface area contributed by atoms with E-state index in [2.05, 4.69) is 17.3 Å². The molecule has 0 aromatic heterocycles. The first-order valence-electron chi connectivity index (χ1n) is 8.97. The summed E-state index contributed by atoms with van der Waals surface area (Å²) in [6.07, 6.45) is 2.12. The van der Waals surface area contributed by atoms with Gasteiger partial charge < -0.3 is 15.0 Å². The maximum Gasteiger partial charge on any atom is 0.206 e. The lowest BCUT2D eigenvalue weighted by molar-refractivity contribution is 0.346. The van der Waals surface area contributed by atoms with Gasteiger partial charge in [-0.15, -0.1) is 0 Å². The molecule has 1 N–H and O–H groups in total. The van der Waals surface area contributed by atoms with Crippen molar-refractivity contribution in [3.63, 3.8) is 0 Å². The number of sulfone groups is 1. The normalized spacial score (nSPS) is 22.8. The number of hydrogen-bond donors (Lipinski definition) is 1. The molecular weight excluding hydrogens is 348 g/mol. The van der Waals surface area contributed by atoms with E-state index < -0.39 is 9.84 Å². The molecule has 26 heavy (non-hydrogen) atoms. The van der Waals surface area contributed by atoms with E-state index in [1.54, 1.807) is 30.3 Å². The number of anilines is 1. The number of rotatable bonds is 3. The van der Waals surface area contributed by atoms with Crippen molar-refractivity contribution in [1.82, 2.24) is 4.90 Å². The number of nitrogens with zero attached hydrogens (tertiary/aromatic N) is 1. The van der Waals surface area contributed by atoms with Gasteiger partial charge in [-0.3, -0.25) is 0 Å². The summed E-state index contributed by atoms with van der Waals surface area (Å²) in [5.41, 5.74) is 2.21. The summed E-state index contributed by atoms with van der Waals surface area (Å²) in [6.45, 7) is 2.10. The Labute approximate surface area is 154 Å². The van der Waals surface area contributed by atoms with Gasteiger partial charge in [0.05, 0.1) is 16.9 Å². The summed E-state index contributed by atoms with van der Waals surface area (Å²) in [6, 6.07) is 12.5. The van der Waals surface area contributed by atoms with Crippen molar-refractivity contribution in [3.05, 3.63) is 48.0 Å². The second-order valence-corrected chi connectivity index (χ2v) is 9.12. The molecule has 1 fully saturated rings. The molecule has 0 amide bonds. The first-order chi connectivity index (χ1) is 12.5. The lowest BCUT2D eigenvalue weighted by Gasteiger charge is -2.16. The summed E-state index contributed by atoms with van der Waals surface area (Å²) in [7, 11) is 0.113. The molecule has 0 aliphatic carbocycles. The molecule has 2 aromatic carbocycles. The molecule has 0 bridgehead atoms. The van der Waals surface area contributed by atoms with Gasteiger partial charge in [-0.25, -0.2) is 8.42 Å². The van der Waals surface area contributed by atoms with Crippen LogP contribution in [0.4, 0.5) is 5.69 Å². The van der Waals surface area contributed by atoms with Crippen LogP contribution in [0.1, 0.15) is 24.3 Å². The van der Waals surface area contributed by atoms with Gasteiger partial charge in [0.1, 0.15) is 5.75 Å². The monoisotopic (exact) mass is 372 g/mol. The van der Waals surface area contributed by atoms with Gasteiger partial charge in [0.2, 0.25) is 9.84 Å². The van der Waals surface area contributed by atoms with E-state index in [1.807, 2.05) is 12.1 Å². The zero-order valence-corrected chi connectivity index (χ0v) is 15.9. The third-order valence-corrected chi connectivity index (χ3v) is 7.30. The SMILES string of the molecule is COc1cccc(S(=O)(=O)c2ccc3c(c2)[C@H]2CCN(C)CC[C@@H]2N3)c1. The van der Waals surface area contributed by atoms with Crippen LogP contribution in [0.15, 0.2) is 52.3 Å². The maximum absolute atomic E-state index is 13.1. The van der Waals surface area contributed by atoms with Crippen LogP contribution in [0.25, 0.3) is 0 Å². The molecule has 2 aliphatic heterocycles. The van der Waals surface area contributed by atoms with Gasteiger partial charge in [0.15, 0.2) is 0 Å². The van der Waals surface area contributed by atoms with Gasteiger partial charge in [-0.2, -0.15) is 0 Å². The molecule has 2 aromatic rings. The molecule has 6 heteroatoms. The lowest BCUT2D eigenvalue weighted by Crippen LogP contribution is -2.22. The van der Waals surface area contributed by atoms with Crippen LogP contribution >= 0.6 is 0 Å². The molecule has 2 heterocycles. The van der Waals surface area contributed by atoms with Crippen LogP contribution in [-0.2, 0) is 9.84 Å². The second-order valence-electron chi connectivity index (χ2n) is 7.17. The lowest BCUT2D eigenvalue weighted by atomic mass is 9.91. The van der Waals surface area contributed by atoms with E-state index in [1.165, 1.54) is 7.11 Å². The quantitative estimate of drug-likeness (QED) is 0.897. The number of ether oxygens (including phenoxy) is 1. The summed E-state index contributed by atoms with van der Waals surface area (Å²) in [5.74, 6) is 0.913. The van der Waals surface area contributed by atoms with Crippen LogP contribution in [-0.4, -0.2) is 46.6 Å². The summed E-state index contributed by atoms with van der Waals surface area (Å²) >= 11 is 0. The van der Waals surface area contributed by atoms with Crippen molar-refractivity contribution in [1.29, 1.82) is 0 Å². The Morgan fingerprint density at radius 2 is 1.85 bits per heavy atom. The first-order valence-corrected chi connectivity index (χ1v) is 10.5. The molecule has 2 atom stereocenters. The van der Waals surface area contributed by atoms with Crippen molar-refractivity contribution in [2.45, 2.75) is 34.6 Å². The fourth-order valence-electron chi connectivity index (χ4n) is 4.03. The topological polar surface area (TPSA) is 58.6 Å². The number of likely N-dealkylation sites (tertiary alicyclic amines) is 1. The molecule has 2 aliphatic rings. The molecule has 5 nitrogen and oxygen atoms in total. The van der Waals surface area contributed by atoms with Crippen molar-refractivity contribution < 1.29 is 13.2 Å². The molecular formula is C20H24N2O3S. The van der Waals surface area contributed by atoms with Crippen molar-refractivity contribution in [3.8, 4) is 5.75 Å². The highest BCUT2D eigenvalue weighted by Crippen LogP contribution is 2.42. The molecule has 0 unspecified atom stereocenters. The molecule has 138 valence electrons. The predicted molar refractivity (Wildman–Crippen MR) is 102 cm³/mol. The number of fused-ring (bicyclic) bond motifs is 3. The van der Waals surface area contributed by atoms with Gasteiger partial charge >= 0.3 is 0 Å². The highest BCUT2D eigenvalue weighted by Gasteiger charge is 2.35. The second kappa shape index (κ2) is 6.59. The van der Waals surface area contributed by atoms with Crippen LogP contribution in [0.3, 0.4) is 0 Å². The zero-order chi connectivity index (χ0) is 18.3. The van der Waals surface area contributed by atoms with Gasteiger partial charge in [-0.1, -0.05) is 6.07 Å². The zero-order valence-electron chi connectivity index (χ0n) is 15.1. The number of methoxy groups -OCH3 is 1. The van der Waals surface area contributed by atoms with Crippen LogP contribution in [0.5, 0.6) is 5.75 Å². The summed E-state index contributed by atoms with van der Waals surface area (Å²) < 4.78 is 31.4. The first kappa shape index (κ1) is 17.4. The Hall–Kier alpha value is -2.05. The maximum atomic E-state index is 13.1. The standard InChI is InChI=1S/C20H24N2O3S/c1-22-10-8-17-18-13-16(6-7-19(18)21-20(17)9-11-22)26(23,24)15-5-3-4-14(12-15)25-2/h3-7,12-13,17,20-21H,8-11H2,1-2H3/t17-,20+/m1/s1. The third-order valence-electron chi connectivity index (χ3n) is 5.55. The number of nitrogens with one attached hydrogen (secondary N) is 1. The number of benzene rings is 2. The molecule has 1 saturated heterocycles. The van der Waals surface area contributed by atoms with E-state index in [-0.39, 0.29) is 4.90 Å². The Morgan fingerprint density at radius 3 is 2.65 bits per heavy atom. The van der Waals surface area contributed by atoms with Gasteiger partial charge in [0.25, 0.3) is 0 Å². The largest absolute Gasteiger partial charge is 0.497 e. The Kier molecular flexibility index (Phi) is 4.40. The Balaban J connectivity index is 1.71. The van der Waals surface area contributed by atoms with Crippen LogP contribution in [0.2, 0.25) is 0 Å². The fourth-order valence-corrected chi connectivity index (χ4v) is 5.36. The van der Waals surface area contributed by atoms with E-state index in [0.29, 0.717) is 22.6 Å². The Morgan fingerprint density at radius 1 is 1.08 bits per heavy atom. The van der Waals surface area contributed by atoms with Crippen molar-refractivity contribution >= 4 is 15.5 Å². The molecule has 4 rings (SSSR count). The average molecular weight is 372 g/mol. The van der Waals surface area contributed by atoms with E-state index in [9.17, 15) is 8.42 Å². The molecule has 0 radical (unpaired) electrons. The minimum atomic E-state index is -3.57. The van der Waals surface area contributed by atoms with Crippen molar-refractivity contribution in [2.24, 2.45) is 0 Å². The van der Waals surface area contributed by atoms with Gasteiger partial charge in [-0.05, 0) is 74.9 Å². The van der Waals surface area contributed by atoms with Crippen LogP contribution in [0, 0.1) is 0 Å². The highest BCUT2D eigenvalue weighted by molar-refractivity contribution is 7.91. The Bertz CT molecular complexity index is 926. The predicted octanol–water partition coefficient (Wildman–Crippen LogP) is 3.13. The minimum absolute atomic E-state index is 0.264. The van der Waals surface area contributed by atoms with E-state index >= 15 is 0 Å². The average Bonchev–Trinajstić information content (AvgIpc) is 2.90. The smallest absolute Gasteiger partial charge is 0.206 e. The van der Waals surface area contributed by atoms with Gasteiger partial charge in [0, 0.05) is 17.6 Å². The van der Waals surface area contributed by atoms with Crippen molar-refractivity contribution in [2.75, 3.05) is 32.6 Å². The number of hydrogen-bond acceptors (Lipinski definition) is 5. The molecule has 0 spiro atoms. The van der Waals surface area contributed by atoms with Crippen LogP contribution < -0.4 is 10.1 Å². The summed E-state index contributed by atoms with van der Waals surface area (Å²) in [4.78, 5) is 2.96.